The van der Waals surface area contributed by atoms with Gasteiger partial charge in [-0.2, -0.15) is 15.3 Å². The van der Waals surface area contributed by atoms with E-state index >= 15 is 4.39 Å². The number of hydrogen-bond donors (Lipinski definition) is 2. The molecule has 1 spiro atoms. The quantitative estimate of drug-likeness (QED) is 0.328. The van der Waals surface area contributed by atoms with Crippen molar-refractivity contribution in [2.45, 2.75) is 56.4 Å². The Morgan fingerprint density at radius 3 is 2.60 bits per heavy atom. The normalized spacial score (nSPS) is 29.6. The third kappa shape index (κ3) is 3.96. The molecule has 5 aliphatic rings. The SMILES string of the molecule is NC(=O)c1nn(CC(=O)N2CC(F)CC2C(=O)NC2(c3ccccc3F)C3CC24CCC3C4)c2ccc(-c3ccnnc3)cc12. The smallest absolute Gasteiger partial charge is 0.269 e. The van der Waals surface area contributed by atoms with Crippen LogP contribution in [0, 0.1) is 23.1 Å². The van der Waals surface area contributed by atoms with Gasteiger partial charge in [-0.1, -0.05) is 24.3 Å². The summed E-state index contributed by atoms with van der Waals surface area (Å²) in [5, 5.41) is 15.7. The summed E-state index contributed by atoms with van der Waals surface area (Å²) < 4.78 is 31.6. The molecule has 2 aromatic carbocycles. The van der Waals surface area contributed by atoms with Gasteiger partial charge in [0.15, 0.2) is 5.69 Å². The Hall–Kier alpha value is -4.74. The first-order chi connectivity index (χ1) is 21.7. The van der Waals surface area contributed by atoms with Gasteiger partial charge in [-0.3, -0.25) is 19.1 Å². The number of carbonyl (C=O) groups excluding carboxylic acids is 3. The zero-order valence-electron chi connectivity index (χ0n) is 24.3. The topological polar surface area (TPSA) is 136 Å². The van der Waals surface area contributed by atoms with Gasteiger partial charge >= 0.3 is 0 Å². The Morgan fingerprint density at radius 1 is 1.07 bits per heavy atom. The van der Waals surface area contributed by atoms with E-state index in [9.17, 15) is 18.8 Å². The number of likely N-dealkylation sites (tertiary alicyclic amines) is 1. The zero-order valence-corrected chi connectivity index (χ0v) is 24.3. The van der Waals surface area contributed by atoms with Gasteiger partial charge in [0.1, 0.15) is 24.6 Å². The van der Waals surface area contributed by atoms with Gasteiger partial charge in [-0.05, 0) is 72.8 Å². The van der Waals surface area contributed by atoms with Crippen molar-refractivity contribution in [2.75, 3.05) is 6.54 Å². The summed E-state index contributed by atoms with van der Waals surface area (Å²) in [6.45, 7) is -0.578. The molecule has 3 bridgehead atoms. The summed E-state index contributed by atoms with van der Waals surface area (Å²) in [7, 11) is 0. The predicted octanol–water partition coefficient (Wildman–Crippen LogP) is 3.50. The van der Waals surface area contributed by atoms with Crippen LogP contribution in [0.3, 0.4) is 0 Å². The average molecular weight is 612 g/mol. The monoisotopic (exact) mass is 611 g/mol. The van der Waals surface area contributed by atoms with Crippen molar-refractivity contribution in [1.29, 1.82) is 0 Å². The van der Waals surface area contributed by atoms with Crippen LogP contribution >= 0.6 is 0 Å². The Bertz CT molecular complexity index is 1880. The van der Waals surface area contributed by atoms with Crippen LogP contribution in [0.1, 0.15) is 48.2 Å². The minimum atomic E-state index is -1.39. The minimum absolute atomic E-state index is 0.0117. The molecule has 45 heavy (non-hydrogen) atoms. The summed E-state index contributed by atoms with van der Waals surface area (Å²) in [4.78, 5) is 41.4. The first kappa shape index (κ1) is 27.8. The first-order valence-electron chi connectivity index (χ1n) is 15.3. The maximum absolute atomic E-state index is 15.3. The molecule has 3 heterocycles. The van der Waals surface area contributed by atoms with Gasteiger partial charge in [0.2, 0.25) is 11.8 Å². The second-order valence-corrected chi connectivity index (χ2v) is 13.0. The summed E-state index contributed by atoms with van der Waals surface area (Å²) >= 11 is 0. The fourth-order valence-corrected chi connectivity index (χ4v) is 9.06. The van der Waals surface area contributed by atoms with Gasteiger partial charge in [0.25, 0.3) is 5.91 Å². The van der Waals surface area contributed by atoms with E-state index < -0.39 is 35.5 Å². The maximum Gasteiger partial charge on any atom is 0.269 e. The van der Waals surface area contributed by atoms with Gasteiger partial charge in [-0.25, -0.2) is 8.78 Å². The second kappa shape index (κ2) is 9.88. The van der Waals surface area contributed by atoms with Crippen molar-refractivity contribution in [2.24, 2.45) is 23.0 Å². The molecule has 10 nitrogen and oxygen atoms in total. The van der Waals surface area contributed by atoms with Crippen molar-refractivity contribution in [1.82, 2.24) is 30.2 Å². The van der Waals surface area contributed by atoms with Gasteiger partial charge < -0.3 is 16.0 Å². The number of halogens is 2. The van der Waals surface area contributed by atoms with E-state index in [-0.39, 0.29) is 42.4 Å². The Kier molecular flexibility index (Phi) is 6.10. The largest absolute Gasteiger partial charge is 0.364 e. The molecule has 1 saturated heterocycles. The number of fused-ring (bicyclic) bond motifs is 1. The highest BCUT2D eigenvalue weighted by Gasteiger charge is 2.77. The summed E-state index contributed by atoms with van der Waals surface area (Å²) in [6, 6.07) is 12.6. The van der Waals surface area contributed by atoms with E-state index in [0.29, 0.717) is 22.4 Å². The van der Waals surface area contributed by atoms with E-state index in [2.05, 4.69) is 20.6 Å². The lowest BCUT2D eigenvalue weighted by Gasteiger charge is -2.62. The van der Waals surface area contributed by atoms with Gasteiger partial charge in [-0.15, -0.1) is 0 Å². The third-order valence-electron chi connectivity index (χ3n) is 10.9. The van der Waals surface area contributed by atoms with E-state index in [0.717, 1.165) is 36.8 Å². The number of amides is 3. The Balaban J connectivity index is 1.08. The highest BCUT2D eigenvalue weighted by atomic mass is 19.1. The summed E-state index contributed by atoms with van der Waals surface area (Å²) in [5.74, 6) is -1.61. The van der Waals surface area contributed by atoms with Crippen LogP contribution in [-0.2, 0) is 21.7 Å². The van der Waals surface area contributed by atoms with Crippen LogP contribution in [0.2, 0.25) is 0 Å². The highest BCUT2D eigenvalue weighted by molar-refractivity contribution is 6.05. The molecule has 230 valence electrons. The number of nitrogens with two attached hydrogens (primary N) is 1. The molecule has 9 rings (SSSR count). The number of rotatable bonds is 7. The number of primary amides is 1. The molecule has 6 atom stereocenters. The molecular formula is C33H31F2N7O3. The molecule has 12 heteroatoms. The maximum atomic E-state index is 15.3. The average Bonchev–Trinajstić information content (AvgIpc) is 3.86. The van der Waals surface area contributed by atoms with E-state index in [1.807, 2.05) is 0 Å². The van der Waals surface area contributed by atoms with Crippen LogP contribution in [0.5, 0.6) is 0 Å². The van der Waals surface area contributed by atoms with Crippen LogP contribution in [-0.4, -0.2) is 61.4 Å². The molecule has 4 aromatic rings. The molecule has 0 radical (unpaired) electrons. The molecule has 6 unspecified atom stereocenters. The van der Waals surface area contributed by atoms with Crippen LogP contribution in [0.25, 0.3) is 22.0 Å². The molecule has 3 N–H and O–H groups in total. The molecule has 4 aliphatic carbocycles. The minimum Gasteiger partial charge on any atom is -0.364 e. The lowest BCUT2D eigenvalue weighted by Crippen LogP contribution is -2.69. The Morgan fingerprint density at radius 2 is 1.91 bits per heavy atom. The fraction of sp³-hybridized carbons (Fsp3) is 0.394. The highest BCUT2D eigenvalue weighted by Crippen LogP contribution is 2.79. The number of hydrogen-bond acceptors (Lipinski definition) is 6. The fourth-order valence-electron chi connectivity index (χ4n) is 9.06. The molecule has 5 fully saturated rings. The number of aromatic nitrogens is 4. The number of carbonyl (C=O) groups is 3. The van der Waals surface area contributed by atoms with Crippen molar-refractivity contribution in [3.8, 4) is 11.1 Å². The lowest BCUT2D eigenvalue weighted by molar-refractivity contribution is -0.146. The van der Waals surface area contributed by atoms with Crippen LogP contribution in [0.15, 0.2) is 60.9 Å². The standard InChI is InChI=1S/C33H31F2N7O3/c34-21-12-27(31(45)39-33(23-3-1-2-4-25(23)35)24-14-32(33)9-7-19(24)13-32)41(16-21)28(43)17-42-26-6-5-18(20-8-10-37-38-15-20)11-22(26)29(40-42)30(36)44/h1-6,8,10-11,15,19,21,24,27H,7,9,12-14,16-17H2,(H2,36,44)(H,39,45). The van der Waals surface area contributed by atoms with E-state index in [1.54, 1.807) is 54.9 Å². The molecule has 2 aromatic heterocycles. The van der Waals surface area contributed by atoms with Crippen LogP contribution < -0.4 is 11.1 Å². The summed E-state index contributed by atoms with van der Waals surface area (Å²) in [6.07, 6.45) is 5.41. The van der Waals surface area contributed by atoms with Crippen molar-refractivity contribution >= 4 is 28.6 Å². The molecule has 4 saturated carbocycles. The number of alkyl halides is 1. The van der Waals surface area contributed by atoms with E-state index in [1.165, 1.54) is 15.6 Å². The van der Waals surface area contributed by atoms with Crippen molar-refractivity contribution < 1.29 is 23.2 Å². The van der Waals surface area contributed by atoms with Crippen LogP contribution in [0.4, 0.5) is 8.78 Å². The molecule has 3 amide bonds. The summed E-state index contributed by atoms with van der Waals surface area (Å²) in [5.41, 5.74) is 7.03. The van der Waals surface area contributed by atoms with Crippen molar-refractivity contribution in [3.05, 3.63) is 78.0 Å². The second-order valence-electron chi connectivity index (χ2n) is 13.0. The molecular weight excluding hydrogens is 580 g/mol. The number of benzene rings is 2. The number of nitrogens with zero attached hydrogens (tertiary/aromatic N) is 5. The van der Waals surface area contributed by atoms with Gasteiger partial charge in [0.05, 0.1) is 30.0 Å². The third-order valence-corrected chi connectivity index (χ3v) is 10.9. The first-order valence-corrected chi connectivity index (χ1v) is 15.3. The van der Waals surface area contributed by atoms with Gasteiger partial charge in [0, 0.05) is 22.9 Å². The number of nitrogens with one attached hydrogen (secondary N) is 1. The lowest BCUT2D eigenvalue weighted by atomic mass is 9.47. The van der Waals surface area contributed by atoms with Crippen molar-refractivity contribution in [3.63, 3.8) is 0 Å². The van der Waals surface area contributed by atoms with E-state index in [4.69, 9.17) is 5.73 Å². The Labute approximate surface area is 257 Å². The predicted molar refractivity (Wildman–Crippen MR) is 158 cm³/mol. The zero-order chi connectivity index (χ0) is 31.1. The molecule has 1 aliphatic heterocycles.